The maximum Gasteiger partial charge on any atom is 0.175 e. The molecule has 2 aliphatic rings. The summed E-state index contributed by atoms with van der Waals surface area (Å²) in [6.07, 6.45) is 1.91. The van der Waals surface area contributed by atoms with Gasteiger partial charge in [0.15, 0.2) is 12.1 Å². The fraction of sp³-hybridized carbons (Fsp3) is 0.900. The summed E-state index contributed by atoms with van der Waals surface area (Å²) in [5, 5.41) is 0. The van der Waals surface area contributed by atoms with Crippen molar-refractivity contribution in [3.05, 3.63) is 0 Å². The smallest absolute Gasteiger partial charge is 0.175 e. The van der Waals surface area contributed by atoms with Crippen LogP contribution in [0.2, 0.25) is 0 Å². The van der Waals surface area contributed by atoms with E-state index in [1.165, 1.54) is 0 Å². The molecule has 0 radical (unpaired) electrons. The van der Waals surface area contributed by atoms with Crippen LogP contribution in [0, 0.1) is 5.41 Å². The Labute approximate surface area is 78.4 Å². The van der Waals surface area contributed by atoms with Crippen molar-refractivity contribution in [2.24, 2.45) is 5.41 Å². The van der Waals surface area contributed by atoms with Crippen molar-refractivity contribution < 1.29 is 14.3 Å². The van der Waals surface area contributed by atoms with E-state index in [2.05, 4.69) is 0 Å². The molecule has 2 rings (SSSR count). The van der Waals surface area contributed by atoms with E-state index < -0.39 is 5.79 Å². The van der Waals surface area contributed by atoms with Crippen LogP contribution in [0.4, 0.5) is 0 Å². The lowest BCUT2D eigenvalue weighted by molar-refractivity contribution is -0.455. The summed E-state index contributed by atoms with van der Waals surface area (Å²) < 4.78 is 11.2. The highest BCUT2D eigenvalue weighted by molar-refractivity contribution is 5.85. The summed E-state index contributed by atoms with van der Waals surface area (Å²) in [4.78, 5) is 11.5. The van der Waals surface area contributed by atoms with Crippen molar-refractivity contribution in [3.63, 3.8) is 0 Å². The number of rotatable bonds is 0. The molecule has 74 valence electrons. The second-order valence-electron chi connectivity index (χ2n) is 4.70. The average Bonchev–Trinajstić information content (AvgIpc) is 1.94. The van der Waals surface area contributed by atoms with Crippen molar-refractivity contribution in [2.45, 2.75) is 52.1 Å². The van der Waals surface area contributed by atoms with Gasteiger partial charge in [0.1, 0.15) is 5.78 Å². The largest absolute Gasteiger partial charge is 0.321 e. The van der Waals surface area contributed by atoms with Crippen LogP contribution in [-0.4, -0.2) is 17.9 Å². The Morgan fingerprint density at radius 3 is 2.46 bits per heavy atom. The Bertz CT molecular complexity index is 239. The second-order valence-corrected chi connectivity index (χ2v) is 4.70. The Morgan fingerprint density at radius 1 is 1.38 bits per heavy atom. The zero-order chi connectivity index (χ0) is 9.69. The van der Waals surface area contributed by atoms with Gasteiger partial charge in [0.2, 0.25) is 0 Å². The topological polar surface area (TPSA) is 35.5 Å². The molecule has 0 bridgehead atoms. The highest BCUT2D eigenvalue weighted by Gasteiger charge is 2.53. The van der Waals surface area contributed by atoms with Gasteiger partial charge >= 0.3 is 0 Å². The molecule has 2 fully saturated rings. The van der Waals surface area contributed by atoms with Crippen LogP contribution >= 0.6 is 0 Å². The lowest BCUT2D eigenvalue weighted by Crippen LogP contribution is -2.58. The number of carbonyl (C=O) groups is 1. The molecule has 3 nitrogen and oxygen atoms in total. The standard InChI is InChI=1S/C10H16O3/c1-7-12-10(13-7)5-4-8(11)9(2,3)6-10/h7H,4-6H2,1-3H3. The first-order valence-corrected chi connectivity index (χ1v) is 4.83. The van der Waals surface area contributed by atoms with Crippen LogP contribution in [-0.2, 0) is 14.3 Å². The van der Waals surface area contributed by atoms with Crippen molar-refractivity contribution in [1.82, 2.24) is 0 Å². The molecule has 0 aromatic heterocycles. The van der Waals surface area contributed by atoms with Crippen molar-refractivity contribution >= 4 is 5.78 Å². The molecule has 0 amide bonds. The Hall–Kier alpha value is -0.410. The summed E-state index contributed by atoms with van der Waals surface area (Å²) in [5.41, 5.74) is -0.279. The number of hydrogen-bond acceptors (Lipinski definition) is 3. The molecule has 0 N–H and O–H groups in total. The van der Waals surface area contributed by atoms with Crippen molar-refractivity contribution in [1.29, 1.82) is 0 Å². The van der Waals surface area contributed by atoms with Gasteiger partial charge in [-0.05, 0) is 6.92 Å². The summed E-state index contributed by atoms with van der Waals surface area (Å²) in [6, 6.07) is 0. The maximum atomic E-state index is 11.5. The monoisotopic (exact) mass is 184 g/mol. The molecule has 1 heterocycles. The van der Waals surface area contributed by atoms with E-state index in [-0.39, 0.29) is 11.7 Å². The normalized spacial score (nSPS) is 43.3. The third-order valence-corrected chi connectivity index (χ3v) is 2.96. The van der Waals surface area contributed by atoms with Gasteiger partial charge in [0, 0.05) is 24.7 Å². The summed E-state index contributed by atoms with van der Waals surface area (Å²) in [7, 11) is 0. The summed E-state index contributed by atoms with van der Waals surface area (Å²) in [6.45, 7) is 5.81. The zero-order valence-electron chi connectivity index (χ0n) is 8.42. The number of ether oxygens (including phenoxy) is 2. The van der Waals surface area contributed by atoms with E-state index in [1.807, 2.05) is 20.8 Å². The average molecular weight is 184 g/mol. The highest BCUT2D eigenvalue weighted by Crippen LogP contribution is 2.47. The molecule has 0 aromatic rings. The lowest BCUT2D eigenvalue weighted by Gasteiger charge is -2.51. The predicted octanol–water partition coefficient (Wildman–Crippen LogP) is 1.85. The van der Waals surface area contributed by atoms with Crippen LogP contribution in [0.25, 0.3) is 0 Å². The molecule has 1 aliphatic heterocycles. The quantitative estimate of drug-likeness (QED) is 0.576. The van der Waals surface area contributed by atoms with Gasteiger partial charge < -0.3 is 9.47 Å². The molecule has 1 saturated heterocycles. The molecule has 0 atom stereocenters. The van der Waals surface area contributed by atoms with E-state index in [0.717, 1.165) is 6.42 Å². The second kappa shape index (κ2) is 2.55. The molecular formula is C10H16O3. The molecule has 0 aromatic carbocycles. The Morgan fingerprint density at radius 2 is 2.00 bits per heavy atom. The first-order chi connectivity index (χ1) is 5.94. The Balaban J connectivity index is 2.08. The van der Waals surface area contributed by atoms with E-state index >= 15 is 0 Å². The highest BCUT2D eigenvalue weighted by atomic mass is 16.9. The minimum absolute atomic E-state index is 0.0935. The minimum atomic E-state index is -0.434. The maximum absolute atomic E-state index is 11.5. The third-order valence-electron chi connectivity index (χ3n) is 2.96. The number of carbonyl (C=O) groups excluding carboxylic acids is 1. The summed E-state index contributed by atoms with van der Waals surface area (Å²) >= 11 is 0. The summed E-state index contributed by atoms with van der Waals surface area (Å²) in [5.74, 6) is -0.110. The molecule has 0 unspecified atom stereocenters. The molecule has 3 heteroatoms. The molecular weight excluding hydrogens is 168 g/mol. The van der Waals surface area contributed by atoms with Crippen LogP contribution in [0.1, 0.15) is 40.0 Å². The van der Waals surface area contributed by atoms with Gasteiger partial charge in [-0.3, -0.25) is 4.79 Å². The van der Waals surface area contributed by atoms with E-state index in [4.69, 9.17) is 9.47 Å². The van der Waals surface area contributed by atoms with E-state index in [1.54, 1.807) is 0 Å². The predicted molar refractivity (Wildman–Crippen MR) is 47.0 cm³/mol. The van der Waals surface area contributed by atoms with Crippen LogP contribution < -0.4 is 0 Å². The molecule has 1 spiro atoms. The van der Waals surface area contributed by atoms with Crippen molar-refractivity contribution in [2.75, 3.05) is 0 Å². The van der Waals surface area contributed by atoms with Gasteiger partial charge in [0.05, 0.1) is 0 Å². The van der Waals surface area contributed by atoms with E-state index in [0.29, 0.717) is 18.6 Å². The van der Waals surface area contributed by atoms with Crippen LogP contribution in [0.15, 0.2) is 0 Å². The zero-order valence-corrected chi connectivity index (χ0v) is 8.42. The third kappa shape index (κ3) is 1.40. The molecule has 1 saturated carbocycles. The van der Waals surface area contributed by atoms with Gasteiger partial charge in [-0.1, -0.05) is 13.8 Å². The first kappa shape index (κ1) is 9.16. The SMILES string of the molecule is CC1OC2(CCC(=O)C(C)(C)C2)O1. The fourth-order valence-corrected chi connectivity index (χ4v) is 2.32. The van der Waals surface area contributed by atoms with Gasteiger partial charge in [-0.25, -0.2) is 0 Å². The van der Waals surface area contributed by atoms with Crippen LogP contribution in [0.5, 0.6) is 0 Å². The van der Waals surface area contributed by atoms with Gasteiger partial charge in [0.25, 0.3) is 0 Å². The number of ketones is 1. The van der Waals surface area contributed by atoms with Crippen molar-refractivity contribution in [3.8, 4) is 0 Å². The number of hydrogen-bond donors (Lipinski definition) is 0. The molecule has 13 heavy (non-hydrogen) atoms. The van der Waals surface area contributed by atoms with E-state index in [9.17, 15) is 4.79 Å². The van der Waals surface area contributed by atoms with Gasteiger partial charge in [-0.2, -0.15) is 0 Å². The van der Waals surface area contributed by atoms with Gasteiger partial charge in [-0.15, -0.1) is 0 Å². The fourth-order valence-electron chi connectivity index (χ4n) is 2.32. The number of Topliss-reactive ketones (excluding diaryl/α,β-unsaturated/α-hetero) is 1. The van der Waals surface area contributed by atoms with Crippen LogP contribution in [0.3, 0.4) is 0 Å². The lowest BCUT2D eigenvalue weighted by atomic mass is 9.73. The molecule has 1 aliphatic carbocycles. The minimum Gasteiger partial charge on any atom is -0.321 e. The Kier molecular flexibility index (Phi) is 1.79. The first-order valence-electron chi connectivity index (χ1n) is 4.83.